The van der Waals surface area contributed by atoms with Gasteiger partial charge in [-0.25, -0.2) is 4.79 Å². The average molecular weight is 351 g/mol. The van der Waals surface area contributed by atoms with Crippen LogP contribution in [-0.4, -0.2) is 23.6 Å². The van der Waals surface area contributed by atoms with Gasteiger partial charge in [0, 0.05) is 24.3 Å². The number of ether oxygens (including phenoxy) is 1. The molecule has 0 spiro atoms. The summed E-state index contributed by atoms with van der Waals surface area (Å²) in [6, 6.07) is 8.68. The minimum Gasteiger partial charge on any atom is -0.465 e. The molecule has 1 aromatic carbocycles. The van der Waals surface area contributed by atoms with Crippen LogP contribution in [0.3, 0.4) is 0 Å². The molecule has 110 valence electrons. The molecule has 6 heteroatoms. The lowest BCUT2D eigenvalue weighted by atomic mass is 10.1. The number of hydrogen-bond acceptors (Lipinski definition) is 3. The molecule has 1 amide bonds. The van der Waals surface area contributed by atoms with E-state index in [1.165, 1.54) is 7.11 Å². The fourth-order valence-corrected chi connectivity index (χ4v) is 2.42. The first-order valence-electron chi connectivity index (χ1n) is 6.28. The molecule has 0 saturated heterocycles. The molecule has 5 nitrogen and oxygen atoms in total. The van der Waals surface area contributed by atoms with Gasteiger partial charge in [-0.05, 0) is 39.7 Å². The molecule has 0 atom stereocenters. The number of nitrogens with one attached hydrogen (secondary N) is 1. The summed E-state index contributed by atoms with van der Waals surface area (Å²) >= 11 is 3.33. The SMILES string of the molecule is COC(=O)c1ccc(CNC(=O)c2cc(Br)cn2C)cc1. The highest BCUT2D eigenvalue weighted by atomic mass is 79.9. The number of amides is 1. The molecule has 0 aliphatic rings. The summed E-state index contributed by atoms with van der Waals surface area (Å²) in [5, 5.41) is 2.84. The molecule has 21 heavy (non-hydrogen) atoms. The molecule has 2 rings (SSSR count). The van der Waals surface area contributed by atoms with Gasteiger partial charge in [0.15, 0.2) is 0 Å². The zero-order valence-corrected chi connectivity index (χ0v) is 13.3. The van der Waals surface area contributed by atoms with Crippen molar-refractivity contribution in [3.05, 3.63) is 57.8 Å². The Morgan fingerprint density at radius 2 is 1.95 bits per heavy atom. The number of methoxy groups -OCH3 is 1. The highest BCUT2D eigenvalue weighted by Crippen LogP contribution is 2.13. The largest absolute Gasteiger partial charge is 0.465 e. The van der Waals surface area contributed by atoms with Crippen molar-refractivity contribution in [2.24, 2.45) is 7.05 Å². The van der Waals surface area contributed by atoms with Crippen molar-refractivity contribution < 1.29 is 14.3 Å². The minimum absolute atomic E-state index is 0.153. The van der Waals surface area contributed by atoms with Gasteiger partial charge in [-0.2, -0.15) is 0 Å². The maximum Gasteiger partial charge on any atom is 0.337 e. The van der Waals surface area contributed by atoms with Crippen LogP contribution in [0.2, 0.25) is 0 Å². The van der Waals surface area contributed by atoms with E-state index in [4.69, 9.17) is 0 Å². The van der Waals surface area contributed by atoms with E-state index < -0.39 is 0 Å². The summed E-state index contributed by atoms with van der Waals surface area (Å²) in [5.41, 5.74) is 1.97. The van der Waals surface area contributed by atoms with Crippen molar-refractivity contribution in [1.29, 1.82) is 0 Å². The second-order valence-corrected chi connectivity index (χ2v) is 5.44. The number of hydrogen-bond donors (Lipinski definition) is 1. The molecule has 1 heterocycles. The first-order chi connectivity index (χ1) is 10.0. The number of aryl methyl sites for hydroxylation is 1. The number of nitrogens with zero attached hydrogens (tertiary/aromatic N) is 1. The highest BCUT2D eigenvalue weighted by Gasteiger charge is 2.11. The monoisotopic (exact) mass is 350 g/mol. The summed E-state index contributed by atoms with van der Waals surface area (Å²) in [4.78, 5) is 23.4. The van der Waals surface area contributed by atoms with Gasteiger partial charge in [0.05, 0.1) is 12.7 Å². The third-order valence-corrected chi connectivity index (χ3v) is 3.47. The minimum atomic E-state index is -0.376. The number of benzene rings is 1. The standard InChI is InChI=1S/C15H15BrN2O3/c1-18-9-12(16)7-13(18)14(19)17-8-10-3-5-11(6-4-10)15(20)21-2/h3-7,9H,8H2,1-2H3,(H,17,19). The van der Waals surface area contributed by atoms with Crippen LogP contribution in [0.1, 0.15) is 26.4 Å². The van der Waals surface area contributed by atoms with Crippen LogP contribution >= 0.6 is 15.9 Å². The van der Waals surface area contributed by atoms with Gasteiger partial charge in [-0.15, -0.1) is 0 Å². The number of aromatic nitrogens is 1. The van der Waals surface area contributed by atoms with E-state index in [0.717, 1.165) is 10.0 Å². The van der Waals surface area contributed by atoms with E-state index in [1.54, 1.807) is 34.9 Å². The Morgan fingerprint density at radius 1 is 1.29 bits per heavy atom. The zero-order chi connectivity index (χ0) is 15.4. The fourth-order valence-electron chi connectivity index (χ4n) is 1.90. The van der Waals surface area contributed by atoms with E-state index in [-0.39, 0.29) is 11.9 Å². The van der Waals surface area contributed by atoms with E-state index >= 15 is 0 Å². The number of halogens is 1. The van der Waals surface area contributed by atoms with Gasteiger partial charge in [0.2, 0.25) is 0 Å². The Kier molecular flexibility index (Phi) is 4.80. The highest BCUT2D eigenvalue weighted by molar-refractivity contribution is 9.10. The van der Waals surface area contributed by atoms with Gasteiger partial charge in [-0.3, -0.25) is 4.79 Å². The molecular weight excluding hydrogens is 336 g/mol. The van der Waals surface area contributed by atoms with Crippen molar-refractivity contribution in [2.75, 3.05) is 7.11 Å². The predicted octanol–water partition coefficient (Wildman–Crippen LogP) is 2.50. The Morgan fingerprint density at radius 3 is 2.48 bits per heavy atom. The van der Waals surface area contributed by atoms with E-state index in [9.17, 15) is 9.59 Å². The maximum absolute atomic E-state index is 12.0. The quantitative estimate of drug-likeness (QED) is 0.861. The van der Waals surface area contributed by atoms with Gasteiger partial charge in [0.25, 0.3) is 5.91 Å². The van der Waals surface area contributed by atoms with E-state index in [0.29, 0.717) is 17.8 Å². The summed E-state index contributed by atoms with van der Waals surface area (Å²) < 4.78 is 7.24. The molecule has 2 aromatic rings. The van der Waals surface area contributed by atoms with E-state index in [1.807, 2.05) is 13.2 Å². The van der Waals surface area contributed by atoms with Crippen molar-refractivity contribution in [1.82, 2.24) is 9.88 Å². The van der Waals surface area contributed by atoms with Crippen LogP contribution in [0.25, 0.3) is 0 Å². The third-order valence-electron chi connectivity index (χ3n) is 3.03. The summed E-state index contributed by atoms with van der Waals surface area (Å²) in [5.74, 6) is -0.528. The molecule has 0 fully saturated rings. The second kappa shape index (κ2) is 6.58. The van der Waals surface area contributed by atoms with Crippen LogP contribution in [0.5, 0.6) is 0 Å². The van der Waals surface area contributed by atoms with Crippen LogP contribution in [0, 0.1) is 0 Å². The lowest BCUT2D eigenvalue weighted by Crippen LogP contribution is -2.24. The topological polar surface area (TPSA) is 60.3 Å². The summed E-state index contributed by atoms with van der Waals surface area (Å²) in [6.07, 6.45) is 1.82. The predicted molar refractivity (Wildman–Crippen MR) is 82.1 cm³/mol. The lowest BCUT2D eigenvalue weighted by molar-refractivity contribution is 0.0600. The Bertz CT molecular complexity index is 662. The van der Waals surface area contributed by atoms with Crippen molar-refractivity contribution in [3.8, 4) is 0 Å². The molecule has 1 aromatic heterocycles. The van der Waals surface area contributed by atoms with Gasteiger partial charge < -0.3 is 14.6 Å². The first-order valence-corrected chi connectivity index (χ1v) is 7.08. The molecule has 0 radical (unpaired) electrons. The van der Waals surface area contributed by atoms with Crippen molar-refractivity contribution >= 4 is 27.8 Å². The van der Waals surface area contributed by atoms with Crippen LogP contribution in [0.4, 0.5) is 0 Å². The third kappa shape index (κ3) is 3.72. The summed E-state index contributed by atoms with van der Waals surface area (Å²) in [7, 11) is 3.15. The van der Waals surface area contributed by atoms with Crippen LogP contribution in [-0.2, 0) is 18.3 Å². The smallest absolute Gasteiger partial charge is 0.337 e. The van der Waals surface area contributed by atoms with Crippen LogP contribution in [0.15, 0.2) is 41.0 Å². The second-order valence-electron chi connectivity index (χ2n) is 4.53. The van der Waals surface area contributed by atoms with Crippen molar-refractivity contribution in [2.45, 2.75) is 6.54 Å². The molecule has 0 aliphatic carbocycles. The molecule has 0 unspecified atom stereocenters. The Balaban J connectivity index is 1.98. The Labute approximate surface area is 131 Å². The molecule has 1 N–H and O–H groups in total. The zero-order valence-electron chi connectivity index (χ0n) is 11.7. The average Bonchev–Trinajstić information content (AvgIpc) is 2.83. The normalized spacial score (nSPS) is 10.2. The molecule has 0 bridgehead atoms. The number of carbonyl (C=O) groups excluding carboxylic acids is 2. The maximum atomic E-state index is 12.0. The van der Waals surface area contributed by atoms with Crippen LogP contribution < -0.4 is 5.32 Å². The molecule has 0 saturated carbocycles. The lowest BCUT2D eigenvalue weighted by Gasteiger charge is -2.07. The van der Waals surface area contributed by atoms with Gasteiger partial charge >= 0.3 is 5.97 Å². The molecular formula is C15H15BrN2O3. The fraction of sp³-hybridized carbons (Fsp3) is 0.200. The summed E-state index contributed by atoms with van der Waals surface area (Å²) in [6.45, 7) is 0.392. The number of esters is 1. The van der Waals surface area contributed by atoms with Gasteiger partial charge in [0.1, 0.15) is 5.69 Å². The number of rotatable bonds is 4. The first kappa shape index (κ1) is 15.3. The molecule has 0 aliphatic heterocycles. The van der Waals surface area contributed by atoms with Crippen molar-refractivity contribution in [3.63, 3.8) is 0 Å². The number of carbonyl (C=O) groups is 2. The van der Waals surface area contributed by atoms with E-state index in [2.05, 4.69) is 26.0 Å². The Hall–Kier alpha value is -2.08. The van der Waals surface area contributed by atoms with Gasteiger partial charge in [-0.1, -0.05) is 12.1 Å².